The van der Waals surface area contributed by atoms with Crippen molar-refractivity contribution < 1.29 is 9.52 Å². The van der Waals surface area contributed by atoms with Gasteiger partial charge in [-0.3, -0.25) is 0 Å². The normalized spacial score (nSPS) is 11.7. The van der Waals surface area contributed by atoms with Crippen LogP contribution in [0.4, 0.5) is 34.1 Å². The van der Waals surface area contributed by atoms with Crippen molar-refractivity contribution in [1.82, 2.24) is 0 Å². The van der Waals surface area contributed by atoms with E-state index < -0.39 is 0 Å². The number of rotatable bonds is 9. The van der Waals surface area contributed by atoms with Gasteiger partial charge in [-0.15, -0.1) is 0 Å². The number of phenols is 1. The fourth-order valence-corrected chi connectivity index (χ4v) is 11.8. The molecule has 0 amide bonds. The fourth-order valence-electron chi connectivity index (χ4n) is 11.8. The number of anilines is 6. The zero-order valence-electron chi connectivity index (χ0n) is 42.5. The molecule has 74 heavy (non-hydrogen) atoms. The average molecular weight is 955 g/mol. The van der Waals surface area contributed by atoms with E-state index in [9.17, 15) is 5.11 Å². The van der Waals surface area contributed by atoms with Gasteiger partial charge in [-0.1, -0.05) is 181 Å². The number of fused-ring (bicyclic) bond motifs is 3. The van der Waals surface area contributed by atoms with Crippen molar-refractivity contribution in [3.8, 4) is 39.1 Å². The first-order valence-corrected chi connectivity index (χ1v) is 25.6. The van der Waals surface area contributed by atoms with Gasteiger partial charge in [-0.2, -0.15) is 0 Å². The maximum atomic E-state index is 12.7. The fraction of sp³-hybridized carbons (Fsp3) is 0.0857. The third-order valence-electron chi connectivity index (χ3n) is 15.4. The van der Waals surface area contributed by atoms with E-state index in [1.54, 1.807) is 0 Å². The Morgan fingerprint density at radius 3 is 1.38 bits per heavy atom. The van der Waals surface area contributed by atoms with Gasteiger partial charge < -0.3 is 19.3 Å². The van der Waals surface area contributed by atoms with Gasteiger partial charge >= 0.3 is 0 Å². The minimum Gasteiger partial charge on any atom is -0.505 e. The van der Waals surface area contributed by atoms with Gasteiger partial charge in [-0.25, -0.2) is 0 Å². The van der Waals surface area contributed by atoms with Crippen LogP contribution in [0.2, 0.25) is 0 Å². The van der Waals surface area contributed by atoms with Crippen LogP contribution in [0.3, 0.4) is 0 Å². The zero-order chi connectivity index (χ0) is 50.4. The summed E-state index contributed by atoms with van der Waals surface area (Å²) >= 11 is 0. The first-order chi connectivity index (χ1) is 36.1. The van der Waals surface area contributed by atoms with Gasteiger partial charge in [0.25, 0.3) is 0 Å². The molecule has 0 aliphatic carbocycles. The number of benzene rings is 12. The number of aryl methyl sites for hydroxylation is 6. The molecule has 1 aromatic heterocycles. The molecule has 0 radical (unpaired) electrons. The van der Waals surface area contributed by atoms with Crippen LogP contribution >= 0.6 is 0 Å². The lowest BCUT2D eigenvalue weighted by Crippen LogP contribution is -2.13. The second kappa shape index (κ2) is 17.6. The van der Waals surface area contributed by atoms with E-state index in [-0.39, 0.29) is 5.75 Å². The summed E-state index contributed by atoms with van der Waals surface area (Å²) < 4.78 is 7.19. The lowest BCUT2D eigenvalue weighted by atomic mass is 9.91. The number of aromatic hydroxyl groups is 1. The standard InChI is InChI=1S/C70H54N2O2/c1-42-27-35-60(46(5)39-42)71(64-25-13-21-54(68(64)73)51-18-11-17-50(41-51)52-19-9-7-15-44(52)3)62-37-31-48-30-34-59-63(38-32-49-29-33-58(62)66(48)67(49)59)72(61-36-28-43(2)40-47(61)6)65-26-14-24-57-56-23-12-22-55(69(56)74-70(57)65)53-20-10-8-16-45(53)4/h7-41,73H,1-6H3. The predicted molar refractivity (Wildman–Crippen MR) is 313 cm³/mol. The summed E-state index contributed by atoms with van der Waals surface area (Å²) in [6, 6.07) is 76.2. The molecule has 0 aliphatic heterocycles. The topological polar surface area (TPSA) is 39.9 Å². The lowest BCUT2D eigenvalue weighted by molar-refractivity contribution is 0.478. The molecule has 1 N–H and O–H groups in total. The molecule has 13 aromatic rings. The Labute approximate surface area is 432 Å². The molecule has 0 saturated carbocycles. The number of furan rings is 1. The molecule has 0 unspecified atom stereocenters. The van der Waals surface area contributed by atoms with Crippen LogP contribution in [0.25, 0.3) is 87.6 Å². The lowest BCUT2D eigenvalue weighted by Gasteiger charge is -2.31. The van der Waals surface area contributed by atoms with Crippen LogP contribution in [0.1, 0.15) is 33.4 Å². The minimum absolute atomic E-state index is 0.220. The Morgan fingerprint density at radius 2 is 0.770 bits per heavy atom. The van der Waals surface area contributed by atoms with Crippen LogP contribution in [0.5, 0.6) is 5.75 Å². The van der Waals surface area contributed by atoms with Gasteiger partial charge in [0.1, 0.15) is 11.3 Å². The molecule has 0 atom stereocenters. The number of hydrogen-bond acceptors (Lipinski definition) is 4. The molecule has 0 spiro atoms. The molecule has 4 nitrogen and oxygen atoms in total. The van der Waals surface area contributed by atoms with Crippen molar-refractivity contribution in [1.29, 1.82) is 0 Å². The van der Waals surface area contributed by atoms with E-state index in [1.165, 1.54) is 49.7 Å². The zero-order valence-corrected chi connectivity index (χ0v) is 42.5. The highest BCUT2D eigenvalue weighted by Crippen LogP contribution is 2.52. The number of phenolic OH excluding ortho intramolecular Hbond substituents is 1. The second-order valence-corrected chi connectivity index (χ2v) is 20.2. The summed E-state index contributed by atoms with van der Waals surface area (Å²) in [6.07, 6.45) is 0. The Kier molecular flexibility index (Phi) is 10.6. The monoisotopic (exact) mass is 954 g/mol. The quantitative estimate of drug-likeness (QED) is 0.146. The highest BCUT2D eigenvalue weighted by Gasteiger charge is 2.27. The van der Waals surface area contributed by atoms with Crippen LogP contribution < -0.4 is 9.80 Å². The van der Waals surface area contributed by atoms with E-state index >= 15 is 0 Å². The van der Waals surface area contributed by atoms with Crippen LogP contribution in [-0.4, -0.2) is 5.11 Å². The second-order valence-electron chi connectivity index (χ2n) is 20.2. The molecule has 0 fully saturated rings. The Balaban J connectivity index is 1.03. The van der Waals surface area contributed by atoms with Crippen LogP contribution in [-0.2, 0) is 0 Å². The number of nitrogens with zero attached hydrogens (tertiary/aromatic N) is 2. The van der Waals surface area contributed by atoms with Gasteiger partial charge in [0, 0.05) is 44.0 Å². The maximum Gasteiger partial charge on any atom is 0.159 e. The molecular weight excluding hydrogens is 901 g/mol. The Hall–Kier alpha value is -9.12. The number of hydrogen-bond donors (Lipinski definition) is 1. The van der Waals surface area contributed by atoms with Crippen molar-refractivity contribution in [3.05, 3.63) is 246 Å². The molecule has 1 heterocycles. The van der Waals surface area contributed by atoms with Crippen molar-refractivity contribution >= 4 is 88.4 Å². The highest BCUT2D eigenvalue weighted by atomic mass is 16.3. The molecule has 0 aliphatic rings. The van der Waals surface area contributed by atoms with E-state index in [0.29, 0.717) is 5.69 Å². The third-order valence-corrected chi connectivity index (χ3v) is 15.4. The molecule has 356 valence electrons. The summed E-state index contributed by atoms with van der Waals surface area (Å²) in [4.78, 5) is 4.68. The Morgan fingerprint density at radius 1 is 0.311 bits per heavy atom. The molecule has 0 saturated heterocycles. The predicted octanol–water partition coefficient (Wildman–Crippen LogP) is 20.0. The molecule has 12 aromatic carbocycles. The third kappa shape index (κ3) is 7.20. The first kappa shape index (κ1) is 44.8. The van der Waals surface area contributed by atoms with Gasteiger partial charge in [0.05, 0.1) is 22.7 Å². The number of para-hydroxylation sites is 3. The van der Waals surface area contributed by atoms with Gasteiger partial charge in [0.15, 0.2) is 5.58 Å². The summed E-state index contributed by atoms with van der Waals surface area (Å²) in [7, 11) is 0. The Bertz CT molecular complexity index is 4370. The SMILES string of the molecule is Cc1ccc(N(c2cccc(-c3cccc(-c4ccccc4C)c3)c2O)c2ccc3ccc4c(N(c5ccc(C)cc5C)c5cccc6c5oc5c(-c7ccccc7C)cccc56)ccc5ccc2c3c54)c(C)c1. The maximum absolute atomic E-state index is 12.7. The van der Waals surface area contributed by atoms with Crippen molar-refractivity contribution in [3.63, 3.8) is 0 Å². The highest BCUT2D eigenvalue weighted by molar-refractivity contribution is 6.28. The molecule has 13 rings (SSSR count). The minimum atomic E-state index is 0.220. The van der Waals surface area contributed by atoms with Crippen molar-refractivity contribution in [2.24, 2.45) is 0 Å². The first-order valence-electron chi connectivity index (χ1n) is 25.6. The van der Waals surface area contributed by atoms with Gasteiger partial charge in [0.2, 0.25) is 0 Å². The molecule has 0 bridgehead atoms. The average Bonchev–Trinajstić information content (AvgIpc) is 3.81. The van der Waals surface area contributed by atoms with Crippen LogP contribution in [0, 0.1) is 41.5 Å². The molecular formula is C70H54N2O2. The summed E-state index contributed by atoms with van der Waals surface area (Å²) in [6.45, 7) is 13.0. The largest absolute Gasteiger partial charge is 0.505 e. The smallest absolute Gasteiger partial charge is 0.159 e. The van der Waals surface area contributed by atoms with E-state index in [1.807, 2.05) is 12.1 Å². The van der Waals surface area contributed by atoms with Crippen molar-refractivity contribution in [2.75, 3.05) is 9.80 Å². The van der Waals surface area contributed by atoms with E-state index in [0.717, 1.165) is 99.7 Å². The van der Waals surface area contributed by atoms with Crippen molar-refractivity contribution in [2.45, 2.75) is 41.5 Å². The molecule has 4 heteroatoms. The summed E-state index contributed by atoms with van der Waals surface area (Å²) in [5.41, 5.74) is 20.8. The van der Waals surface area contributed by atoms with E-state index in [4.69, 9.17) is 4.42 Å². The summed E-state index contributed by atoms with van der Waals surface area (Å²) in [5.74, 6) is 0.220. The summed E-state index contributed by atoms with van der Waals surface area (Å²) in [5, 5.41) is 21.8. The van der Waals surface area contributed by atoms with Crippen LogP contribution in [0.15, 0.2) is 217 Å². The van der Waals surface area contributed by atoms with Gasteiger partial charge in [-0.05, 0) is 150 Å². The van der Waals surface area contributed by atoms with E-state index in [2.05, 4.69) is 252 Å².